The first-order chi connectivity index (χ1) is 8.59. The van der Waals surface area contributed by atoms with Crippen LogP contribution in [0.3, 0.4) is 0 Å². The van der Waals surface area contributed by atoms with Crippen LogP contribution in [0.15, 0.2) is 22.9 Å². The Bertz CT molecular complexity index is 414. The Morgan fingerprint density at radius 3 is 2.72 bits per heavy atom. The number of carbonyl (C=O) groups is 1. The second-order valence-corrected chi connectivity index (χ2v) is 5.65. The summed E-state index contributed by atoms with van der Waals surface area (Å²) in [7, 11) is 0. The van der Waals surface area contributed by atoms with Crippen molar-refractivity contribution >= 4 is 21.8 Å². The van der Waals surface area contributed by atoms with Crippen molar-refractivity contribution in [2.75, 3.05) is 6.54 Å². The van der Waals surface area contributed by atoms with Gasteiger partial charge in [0.2, 0.25) is 0 Å². The van der Waals surface area contributed by atoms with Crippen LogP contribution >= 0.6 is 15.9 Å². The van der Waals surface area contributed by atoms with E-state index in [1.165, 1.54) is 12.6 Å². The van der Waals surface area contributed by atoms with Crippen molar-refractivity contribution in [3.05, 3.63) is 28.5 Å². The van der Waals surface area contributed by atoms with E-state index in [0.717, 1.165) is 25.7 Å². The van der Waals surface area contributed by atoms with Gasteiger partial charge in [0.15, 0.2) is 0 Å². The third-order valence-electron chi connectivity index (χ3n) is 3.35. The summed E-state index contributed by atoms with van der Waals surface area (Å²) in [4.78, 5) is 15.9. The van der Waals surface area contributed by atoms with E-state index < -0.39 is 5.60 Å². The highest BCUT2D eigenvalue weighted by Gasteiger charge is 2.29. The molecule has 5 heteroatoms. The van der Waals surface area contributed by atoms with E-state index in [1.54, 1.807) is 12.1 Å². The van der Waals surface area contributed by atoms with Crippen molar-refractivity contribution in [2.45, 2.75) is 37.7 Å². The summed E-state index contributed by atoms with van der Waals surface area (Å²) in [6.07, 6.45) is 6.30. The van der Waals surface area contributed by atoms with Crippen LogP contribution in [0.5, 0.6) is 0 Å². The summed E-state index contributed by atoms with van der Waals surface area (Å²) >= 11 is 3.22. The molecule has 2 N–H and O–H groups in total. The number of nitrogens with one attached hydrogen (secondary N) is 1. The molecule has 18 heavy (non-hydrogen) atoms. The summed E-state index contributed by atoms with van der Waals surface area (Å²) in [5, 5.41) is 13.1. The molecule has 2 rings (SSSR count). The topological polar surface area (TPSA) is 62.2 Å². The fourth-order valence-electron chi connectivity index (χ4n) is 2.24. The zero-order valence-electron chi connectivity index (χ0n) is 10.2. The number of halogens is 1. The molecule has 0 atom stereocenters. The van der Waals surface area contributed by atoms with Gasteiger partial charge in [-0.1, -0.05) is 19.3 Å². The smallest absolute Gasteiger partial charge is 0.252 e. The van der Waals surface area contributed by atoms with E-state index in [2.05, 4.69) is 26.2 Å². The van der Waals surface area contributed by atoms with Crippen molar-refractivity contribution in [3.8, 4) is 0 Å². The maximum atomic E-state index is 11.9. The van der Waals surface area contributed by atoms with Crippen molar-refractivity contribution in [1.29, 1.82) is 0 Å². The van der Waals surface area contributed by atoms with Crippen LogP contribution in [0.4, 0.5) is 0 Å². The van der Waals surface area contributed by atoms with Crippen molar-refractivity contribution in [3.63, 3.8) is 0 Å². The molecule has 0 unspecified atom stereocenters. The molecule has 0 radical (unpaired) electrons. The molecule has 0 aromatic carbocycles. The zero-order chi connectivity index (χ0) is 13.0. The van der Waals surface area contributed by atoms with Gasteiger partial charge in [-0.3, -0.25) is 4.79 Å². The fraction of sp³-hybridized carbons (Fsp3) is 0.538. The lowest BCUT2D eigenvalue weighted by Gasteiger charge is -2.32. The molecule has 0 saturated heterocycles. The highest BCUT2D eigenvalue weighted by atomic mass is 79.9. The average molecular weight is 313 g/mol. The number of amides is 1. The van der Waals surface area contributed by atoms with Crippen LogP contribution in [0, 0.1) is 0 Å². The molecule has 0 bridgehead atoms. The molecule has 98 valence electrons. The Balaban J connectivity index is 1.89. The van der Waals surface area contributed by atoms with Gasteiger partial charge in [0, 0.05) is 12.7 Å². The molecule has 1 aromatic rings. The molecule has 1 aliphatic carbocycles. The van der Waals surface area contributed by atoms with Crippen molar-refractivity contribution in [2.24, 2.45) is 0 Å². The SMILES string of the molecule is O=C(NCC1(O)CCCCC1)c1ccc(Br)nc1. The van der Waals surface area contributed by atoms with Gasteiger partial charge in [0.25, 0.3) is 5.91 Å². The van der Waals surface area contributed by atoms with Gasteiger partial charge in [-0.25, -0.2) is 4.98 Å². The van der Waals surface area contributed by atoms with Gasteiger partial charge in [-0.2, -0.15) is 0 Å². The van der Waals surface area contributed by atoms with E-state index in [9.17, 15) is 9.90 Å². The summed E-state index contributed by atoms with van der Waals surface area (Å²) < 4.78 is 0.699. The molecule has 0 spiro atoms. The first-order valence-electron chi connectivity index (χ1n) is 6.21. The maximum absolute atomic E-state index is 11.9. The maximum Gasteiger partial charge on any atom is 0.252 e. The molecule has 1 fully saturated rings. The Morgan fingerprint density at radius 1 is 1.39 bits per heavy atom. The Hall–Kier alpha value is -0.940. The normalized spacial score (nSPS) is 18.3. The van der Waals surface area contributed by atoms with Crippen LogP contribution in [0.1, 0.15) is 42.5 Å². The van der Waals surface area contributed by atoms with Crippen LogP contribution in [-0.2, 0) is 0 Å². The fourth-order valence-corrected chi connectivity index (χ4v) is 2.48. The first kappa shape index (κ1) is 13.5. The molecular formula is C13H17BrN2O2. The van der Waals surface area contributed by atoms with Crippen LogP contribution in [0.25, 0.3) is 0 Å². The van der Waals surface area contributed by atoms with Gasteiger partial charge in [0.1, 0.15) is 4.60 Å². The van der Waals surface area contributed by atoms with Crippen molar-refractivity contribution < 1.29 is 9.90 Å². The van der Waals surface area contributed by atoms with Gasteiger partial charge in [0.05, 0.1) is 11.2 Å². The van der Waals surface area contributed by atoms with Crippen LogP contribution < -0.4 is 5.32 Å². The number of nitrogens with zero attached hydrogens (tertiary/aromatic N) is 1. The molecule has 1 saturated carbocycles. The minimum Gasteiger partial charge on any atom is -0.388 e. The minimum absolute atomic E-state index is 0.186. The minimum atomic E-state index is -0.725. The summed E-state index contributed by atoms with van der Waals surface area (Å²) in [6.45, 7) is 0.321. The number of aromatic nitrogens is 1. The standard InChI is InChI=1S/C13H17BrN2O2/c14-11-5-4-10(8-15-11)12(17)16-9-13(18)6-2-1-3-7-13/h4-5,8,18H,1-3,6-7,9H2,(H,16,17). The number of carbonyl (C=O) groups excluding carboxylic acids is 1. The predicted octanol–water partition coefficient (Wildman–Crippen LogP) is 2.27. The Labute approximate surface area is 115 Å². The lowest BCUT2D eigenvalue weighted by molar-refractivity contribution is 0.00525. The number of aliphatic hydroxyl groups is 1. The van der Waals surface area contributed by atoms with E-state index in [1.807, 2.05) is 0 Å². The van der Waals surface area contributed by atoms with E-state index >= 15 is 0 Å². The van der Waals surface area contributed by atoms with Gasteiger partial charge in [-0.15, -0.1) is 0 Å². The highest BCUT2D eigenvalue weighted by Crippen LogP contribution is 2.27. The lowest BCUT2D eigenvalue weighted by Crippen LogP contribution is -2.44. The largest absolute Gasteiger partial charge is 0.388 e. The number of pyridine rings is 1. The van der Waals surface area contributed by atoms with Gasteiger partial charge in [-0.05, 0) is 40.9 Å². The zero-order valence-corrected chi connectivity index (χ0v) is 11.7. The van der Waals surface area contributed by atoms with Crippen molar-refractivity contribution in [1.82, 2.24) is 10.3 Å². The molecule has 1 heterocycles. The van der Waals surface area contributed by atoms with E-state index in [0.29, 0.717) is 16.7 Å². The molecule has 1 aliphatic rings. The number of hydrogen-bond donors (Lipinski definition) is 2. The molecule has 0 aliphatic heterocycles. The molecule has 1 amide bonds. The summed E-state index contributed by atoms with van der Waals surface area (Å²) in [5.41, 5.74) is -0.214. The van der Waals surface area contributed by atoms with Crippen LogP contribution in [0.2, 0.25) is 0 Å². The number of rotatable bonds is 3. The van der Waals surface area contributed by atoms with Gasteiger partial charge < -0.3 is 10.4 Å². The second kappa shape index (κ2) is 5.80. The molecule has 1 aromatic heterocycles. The molecule has 4 nitrogen and oxygen atoms in total. The Kier molecular flexibility index (Phi) is 4.35. The van der Waals surface area contributed by atoms with Gasteiger partial charge >= 0.3 is 0 Å². The monoisotopic (exact) mass is 312 g/mol. The van der Waals surface area contributed by atoms with Crippen LogP contribution in [-0.4, -0.2) is 28.1 Å². The van der Waals surface area contributed by atoms with E-state index in [-0.39, 0.29) is 5.91 Å². The first-order valence-corrected chi connectivity index (χ1v) is 7.01. The highest BCUT2D eigenvalue weighted by molar-refractivity contribution is 9.10. The quantitative estimate of drug-likeness (QED) is 0.842. The lowest BCUT2D eigenvalue weighted by atomic mass is 9.85. The predicted molar refractivity (Wildman–Crippen MR) is 72.3 cm³/mol. The Morgan fingerprint density at radius 2 is 2.11 bits per heavy atom. The second-order valence-electron chi connectivity index (χ2n) is 4.84. The third-order valence-corrected chi connectivity index (χ3v) is 3.82. The summed E-state index contributed by atoms with van der Waals surface area (Å²) in [6, 6.07) is 3.43. The third kappa shape index (κ3) is 3.53. The molecular weight excluding hydrogens is 296 g/mol. The number of hydrogen-bond acceptors (Lipinski definition) is 3. The van der Waals surface area contributed by atoms with E-state index in [4.69, 9.17) is 0 Å². The average Bonchev–Trinajstić information content (AvgIpc) is 2.38. The summed E-state index contributed by atoms with van der Waals surface area (Å²) in [5.74, 6) is -0.186.